The fourth-order valence-electron chi connectivity index (χ4n) is 1.26. The molecule has 0 bridgehead atoms. The van der Waals surface area contributed by atoms with Crippen molar-refractivity contribution < 1.29 is 14.6 Å². The van der Waals surface area contributed by atoms with E-state index in [4.69, 9.17) is 21.4 Å². The Morgan fingerprint density at radius 2 is 2.27 bits per heavy atom. The molecule has 0 unspecified atom stereocenters. The van der Waals surface area contributed by atoms with Gasteiger partial charge in [0.25, 0.3) is 0 Å². The van der Waals surface area contributed by atoms with Crippen LogP contribution in [-0.2, 0) is 0 Å². The number of aromatic carboxylic acids is 1. The second-order valence-electron chi connectivity index (χ2n) is 3.70. The van der Waals surface area contributed by atoms with Gasteiger partial charge in [-0.1, -0.05) is 11.6 Å². The van der Waals surface area contributed by atoms with E-state index < -0.39 is 5.97 Å². The molecular formula is C11H11ClO3. The van der Waals surface area contributed by atoms with Crippen LogP contribution in [0.1, 0.15) is 23.2 Å². The molecule has 0 atom stereocenters. The van der Waals surface area contributed by atoms with Crippen molar-refractivity contribution in [1.82, 2.24) is 0 Å². The van der Waals surface area contributed by atoms with E-state index in [2.05, 4.69) is 0 Å². The fourth-order valence-corrected chi connectivity index (χ4v) is 1.46. The van der Waals surface area contributed by atoms with Crippen molar-refractivity contribution in [3.05, 3.63) is 28.8 Å². The molecule has 1 aliphatic rings. The average molecular weight is 227 g/mol. The molecule has 0 radical (unpaired) electrons. The highest BCUT2D eigenvalue weighted by Gasteiger charge is 2.22. The third kappa shape index (κ3) is 2.63. The first-order chi connectivity index (χ1) is 7.16. The highest BCUT2D eigenvalue weighted by molar-refractivity contribution is 6.33. The molecule has 0 saturated heterocycles. The van der Waals surface area contributed by atoms with Crippen LogP contribution in [0.25, 0.3) is 0 Å². The summed E-state index contributed by atoms with van der Waals surface area (Å²) in [6, 6.07) is 4.71. The minimum absolute atomic E-state index is 0.0879. The Hall–Kier alpha value is -1.22. The molecule has 2 rings (SSSR count). The average Bonchev–Trinajstić information content (AvgIpc) is 3.00. The van der Waals surface area contributed by atoms with Gasteiger partial charge >= 0.3 is 5.97 Å². The smallest absolute Gasteiger partial charge is 0.337 e. The molecule has 0 aliphatic heterocycles. The molecule has 3 nitrogen and oxygen atoms in total. The Bertz CT molecular complexity index is 385. The Labute approximate surface area is 92.6 Å². The molecule has 1 saturated carbocycles. The maximum atomic E-state index is 10.8. The molecule has 1 fully saturated rings. The third-order valence-electron chi connectivity index (χ3n) is 2.35. The van der Waals surface area contributed by atoms with Crippen LogP contribution < -0.4 is 4.74 Å². The van der Waals surface area contributed by atoms with E-state index in [1.165, 1.54) is 18.9 Å². The van der Waals surface area contributed by atoms with Crippen LogP contribution in [-0.4, -0.2) is 17.7 Å². The van der Waals surface area contributed by atoms with Crippen molar-refractivity contribution in [3.63, 3.8) is 0 Å². The van der Waals surface area contributed by atoms with Gasteiger partial charge in [0, 0.05) is 0 Å². The number of ether oxygens (including phenoxy) is 1. The summed E-state index contributed by atoms with van der Waals surface area (Å²) in [5.41, 5.74) is 0.0879. The maximum absolute atomic E-state index is 10.8. The zero-order valence-electron chi connectivity index (χ0n) is 8.07. The van der Waals surface area contributed by atoms with Crippen LogP contribution in [0.3, 0.4) is 0 Å². The minimum atomic E-state index is -1.03. The van der Waals surface area contributed by atoms with E-state index in [1.807, 2.05) is 0 Å². The van der Waals surface area contributed by atoms with Crippen molar-refractivity contribution in [3.8, 4) is 5.75 Å². The summed E-state index contributed by atoms with van der Waals surface area (Å²) in [7, 11) is 0. The topological polar surface area (TPSA) is 46.5 Å². The molecule has 1 aromatic rings. The molecule has 0 heterocycles. The first kappa shape index (κ1) is 10.3. The van der Waals surface area contributed by atoms with E-state index in [1.54, 1.807) is 12.1 Å². The second kappa shape index (κ2) is 4.11. The van der Waals surface area contributed by atoms with Crippen LogP contribution in [0, 0.1) is 5.92 Å². The van der Waals surface area contributed by atoms with Crippen LogP contribution in [0.2, 0.25) is 5.02 Å². The predicted molar refractivity (Wildman–Crippen MR) is 56.6 cm³/mol. The highest BCUT2D eigenvalue weighted by atomic mass is 35.5. The Balaban J connectivity index is 2.10. The normalized spacial score (nSPS) is 15.0. The number of benzene rings is 1. The largest absolute Gasteiger partial charge is 0.493 e. The first-order valence-corrected chi connectivity index (χ1v) is 5.20. The predicted octanol–water partition coefficient (Wildman–Crippen LogP) is 2.83. The van der Waals surface area contributed by atoms with Crippen molar-refractivity contribution in [1.29, 1.82) is 0 Å². The van der Waals surface area contributed by atoms with E-state index in [0.717, 1.165) is 0 Å². The molecule has 80 valence electrons. The van der Waals surface area contributed by atoms with Crippen LogP contribution >= 0.6 is 11.6 Å². The zero-order chi connectivity index (χ0) is 10.8. The van der Waals surface area contributed by atoms with Gasteiger partial charge in [-0.15, -0.1) is 0 Å². The molecule has 0 spiro atoms. The lowest BCUT2D eigenvalue weighted by atomic mass is 10.2. The Morgan fingerprint density at radius 3 is 2.87 bits per heavy atom. The van der Waals surface area contributed by atoms with Crippen molar-refractivity contribution in [2.75, 3.05) is 6.61 Å². The number of halogens is 1. The van der Waals surface area contributed by atoms with Gasteiger partial charge in [-0.3, -0.25) is 0 Å². The van der Waals surface area contributed by atoms with Crippen LogP contribution in [0.15, 0.2) is 18.2 Å². The van der Waals surface area contributed by atoms with Gasteiger partial charge in [-0.2, -0.15) is 0 Å². The molecule has 4 heteroatoms. The molecule has 1 aromatic carbocycles. The number of rotatable bonds is 4. The molecular weight excluding hydrogens is 216 g/mol. The minimum Gasteiger partial charge on any atom is -0.493 e. The Morgan fingerprint density at radius 1 is 1.53 bits per heavy atom. The summed E-state index contributed by atoms with van der Waals surface area (Å²) in [6.07, 6.45) is 2.42. The summed E-state index contributed by atoms with van der Waals surface area (Å²) >= 11 is 5.73. The third-order valence-corrected chi connectivity index (χ3v) is 2.68. The number of carboxylic acid groups (broad SMARTS) is 1. The highest BCUT2D eigenvalue weighted by Crippen LogP contribution is 2.30. The van der Waals surface area contributed by atoms with Gasteiger partial charge in [-0.25, -0.2) is 4.79 Å². The van der Waals surface area contributed by atoms with E-state index in [9.17, 15) is 4.79 Å². The Kier molecular flexibility index (Phi) is 2.82. The first-order valence-electron chi connectivity index (χ1n) is 4.82. The number of hydrogen-bond donors (Lipinski definition) is 1. The summed E-state index contributed by atoms with van der Waals surface area (Å²) < 4.78 is 5.45. The fraction of sp³-hybridized carbons (Fsp3) is 0.364. The molecule has 0 amide bonds. The lowest BCUT2D eigenvalue weighted by Crippen LogP contribution is -2.02. The number of carboxylic acids is 1. The van der Waals surface area contributed by atoms with Gasteiger partial charge in [0.15, 0.2) is 0 Å². The quantitative estimate of drug-likeness (QED) is 0.859. The summed E-state index contributed by atoms with van der Waals surface area (Å²) in [5.74, 6) is 0.189. The van der Waals surface area contributed by atoms with Crippen LogP contribution in [0.4, 0.5) is 0 Å². The number of hydrogen-bond acceptors (Lipinski definition) is 2. The lowest BCUT2D eigenvalue weighted by Gasteiger charge is -2.06. The van der Waals surface area contributed by atoms with E-state index in [0.29, 0.717) is 18.3 Å². The van der Waals surface area contributed by atoms with Crippen LogP contribution in [0.5, 0.6) is 5.75 Å². The molecule has 1 aliphatic carbocycles. The molecule has 15 heavy (non-hydrogen) atoms. The summed E-state index contributed by atoms with van der Waals surface area (Å²) in [5, 5.41) is 9.08. The second-order valence-corrected chi connectivity index (χ2v) is 4.11. The van der Waals surface area contributed by atoms with E-state index in [-0.39, 0.29) is 10.6 Å². The van der Waals surface area contributed by atoms with E-state index >= 15 is 0 Å². The number of carbonyl (C=O) groups is 1. The summed E-state index contributed by atoms with van der Waals surface area (Å²) in [6.45, 7) is 0.667. The maximum Gasteiger partial charge on any atom is 0.337 e. The molecule has 1 N–H and O–H groups in total. The van der Waals surface area contributed by atoms with Gasteiger partial charge in [0.05, 0.1) is 17.2 Å². The van der Waals surface area contributed by atoms with Gasteiger partial charge in [0.2, 0.25) is 0 Å². The lowest BCUT2D eigenvalue weighted by molar-refractivity contribution is 0.0696. The van der Waals surface area contributed by atoms with Crippen molar-refractivity contribution >= 4 is 17.6 Å². The summed E-state index contributed by atoms with van der Waals surface area (Å²) in [4.78, 5) is 10.8. The van der Waals surface area contributed by atoms with Gasteiger partial charge < -0.3 is 9.84 Å². The van der Waals surface area contributed by atoms with Gasteiger partial charge in [-0.05, 0) is 37.0 Å². The zero-order valence-corrected chi connectivity index (χ0v) is 8.83. The van der Waals surface area contributed by atoms with Gasteiger partial charge in [0.1, 0.15) is 5.75 Å². The standard InChI is InChI=1S/C11H11ClO3/c12-10-4-3-8(5-9(10)11(13)14)15-6-7-1-2-7/h3-5,7H,1-2,6H2,(H,13,14). The van der Waals surface area contributed by atoms with Crippen molar-refractivity contribution in [2.24, 2.45) is 5.92 Å². The van der Waals surface area contributed by atoms with Crippen molar-refractivity contribution in [2.45, 2.75) is 12.8 Å². The molecule has 0 aromatic heterocycles. The SMILES string of the molecule is O=C(O)c1cc(OCC2CC2)ccc1Cl. The monoisotopic (exact) mass is 226 g/mol.